The maximum absolute atomic E-state index is 13.5. The second-order valence-corrected chi connectivity index (χ2v) is 8.60. The van der Waals surface area contributed by atoms with Crippen molar-refractivity contribution in [3.05, 3.63) is 51.7 Å². The Morgan fingerprint density at radius 3 is 2.47 bits per heavy atom. The number of carboxylic acids is 1. The van der Waals surface area contributed by atoms with E-state index in [0.717, 1.165) is 0 Å². The van der Waals surface area contributed by atoms with E-state index >= 15 is 0 Å². The first-order valence-corrected chi connectivity index (χ1v) is 10.7. The van der Waals surface area contributed by atoms with Crippen molar-refractivity contribution in [1.29, 1.82) is 0 Å². The Morgan fingerprint density at radius 2 is 1.88 bits per heavy atom. The fraction of sp³-hybridized carbons (Fsp3) is 0.292. The molecular weight excluding hydrogens is 466 g/mol. The van der Waals surface area contributed by atoms with Crippen LogP contribution in [0.25, 0.3) is 0 Å². The van der Waals surface area contributed by atoms with E-state index in [1.54, 1.807) is 19.9 Å². The Kier molecular flexibility index (Phi) is 5.69. The van der Waals surface area contributed by atoms with Crippen LogP contribution in [0, 0.1) is 12.8 Å². The number of carboxylic acid groups (broad SMARTS) is 1. The SMILES string of the molecule is COc1cc(OC)c2c(c1Cl)O[C@@]1(C(=O)C=C(Nc3cc(C)c(O)c(C(=O)O)c3)C[C@H]1C)C2=O. The number of methoxy groups -OCH3 is 2. The number of aryl methyl sites for hydroxylation is 1. The van der Waals surface area contributed by atoms with Crippen LogP contribution < -0.4 is 19.5 Å². The molecule has 34 heavy (non-hydrogen) atoms. The molecule has 9 nitrogen and oxygen atoms in total. The maximum Gasteiger partial charge on any atom is 0.339 e. The lowest BCUT2D eigenvalue weighted by atomic mass is 9.74. The summed E-state index contributed by atoms with van der Waals surface area (Å²) in [4.78, 5) is 38.3. The summed E-state index contributed by atoms with van der Waals surface area (Å²) in [5.74, 6) is -2.88. The third-order valence-electron chi connectivity index (χ3n) is 6.15. The minimum atomic E-state index is -1.81. The normalized spacial score (nSPS) is 21.1. The summed E-state index contributed by atoms with van der Waals surface area (Å²) >= 11 is 6.39. The van der Waals surface area contributed by atoms with Crippen LogP contribution in [-0.2, 0) is 4.79 Å². The minimum absolute atomic E-state index is 0.0353. The molecule has 178 valence electrons. The number of ketones is 2. The number of nitrogens with one attached hydrogen (secondary N) is 1. The molecule has 3 N–H and O–H groups in total. The van der Waals surface area contributed by atoms with Crippen molar-refractivity contribution in [2.24, 2.45) is 5.92 Å². The molecule has 0 radical (unpaired) electrons. The van der Waals surface area contributed by atoms with E-state index in [1.807, 2.05) is 0 Å². The van der Waals surface area contributed by atoms with Crippen LogP contribution in [0.15, 0.2) is 30.0 Å². The fourth-order valence-electron chi connectivity index (χ4n) is 4.42. The summed E-state index contributed by atoms with van der Waals surface area (Å²) in [5, 5.41) is 22.4. The molecule has 0 aromatic heterocycles. The average molecular weight is 488 g/mol. The van der Waals surface area contributed by atoms with Gasteiger partial charge in [-0.1, -0.05) is 18.5 Å². The Hall–Kier alpha value is -3.72. The van der Waals surface area contributed by atoms with Gasteiger partial charge in [-0.05, 0) is 31.0 Å². The van der Waals surface area contributed by atoms with Crippen LogP contribution in [0.2, 0.25) is 5.02 Å². The van der Waals surface area contributed by atoms with Gasteiger partial charge in [-0.3, -0.25) is 9.59 Å². The van der Waals surface area contributed by atoms with Gasteiger partial charge < -0.3 is 29.7 Å². The van der Waals surface area contributed by atoms with Gasteiger partial charge in [0.2, 0.25) is 17.2 Å². The van der Waals surface area contributed by atoms with Crippen molar-refractivity contribution in [2.45, 2.75) is 25.9 Å². The van der Waals surface area contributed by atoms with Gasteiger partial charge >= 0.3 is 5.97 Å². The number of benzene rings is 2. The number of halogens is 1. The minimum Gasteiger partial charge on any atom is -0.507 e. The topological polar surface area (TPSA) is 131 Å². The largest absolute Gasteiger partial charge is 0.507 e. The van der Waals surface area contributed by atoms with Gasteiger partial charge in [-0.2, -0.15) is 0 Å². The zero-order valence-corrected chi connectivity index (χ0v) is 19.6. The molecule has 1 aliphatic heterocycles. The first-order chi connectivity index (χ1) is 16.0. The highest BCUT2D eigenvalue weighted by Crippen LogP contribution is 2.53. The molecule has 0 saturated heterocycles. The molecule has 1 aliphatic carbocycles. The average Bonchev–Trinajstić information content (AvgIpc) is 3.10. The standard InChI is InChI=1S/C24H22ClNO8/c1-10-5-12(7-14(20(10)28)23(30)31)26-13-6-11(2)24(17(27)8-13)22(29)18-15(32-3)9-16(33-4)19(25)21(18)34-24/h5,7-9,11,26,28H,6H2,1-4H3,(H,30,31)/t11-,24+/m1/s1. The third kappa shape index (κ3) is 3.35. The summed E-state index contributed by atoms with van der Waals surface area (Å²) < 4.78 is 16.6. The van der Waals surface area contributed by atoms with Crippen LogP contribution >= 0.6 is 11.6 Å². The number of aromatic carboxylic acids is 1. The Labute approximate surface area is 199 Å². The van der Waals surface area contributed by atoms with Gasteiger partial charge in [0.15, 0.2) is 5.75 Å². The van der Waals surface area contributed by atoms with E-state index in [0.29, 0.717) is 16.9 Å². The monoisotopic (exact) mass is 487 g/mol. The van der Waals surface area contributed by atoms with E-state index in [2.05, 4.69) is 5.32 Å². The second kappa shape index (κ2) is 8.25. The molecule has 0 unspecified atom stereocenters. The number of allylic oxidation sites excluding steroid dienone is 1. The molecule has 0 amide bonds. The van der Waals surface area contributed by atoms with Gasteiger partial charge in [0.1, 0.15) is 33.4 Å². The van der Waals surface area contributed by atoms with Crippen molar-refractivity contribution < 1.29 is 38.8 Å². The van der Waals surface area contributed by atoms with Gasteiger partial charge in [0.05, 0.1) is 14.2 Å². The van der Waals surface area contributed by atoms with Crippen LogP contribution in [-0.4, -0.2) is 47.6 Å². The lowest BCUT2D eigenvalue weighted by Crippen LogP contribution is -2.55. The third-order valence-corrected chi connectivity index (χ3v) is 6.50. The Balaban J connectivity index is 1.71. The van der Waals surface area contributed by atoms with Crippen LogP contribution in [0.3, 0.4) is 0 Å². The van der Waals surface area contributed by atoms with Crippen molar-refractivity contribution in [2.75, 3.05) is 19.5 Å². The number of fused-ring (bicyclic) bond motifs is 1. The predicted octanol–water partition coefficient (Wildman–Crippen LogP) is 3.99. The number of carbonyl (C=O) groups excluding carboxylic acids is 2. The molecule has 2 aliphatic rings. The zero-order valence-electron chi connectivity index (χ0n) is 18.8. The van der Waals surface area contributed by atoms with Crippen molar-refractivity contribution in [3.8, 4) is 23.0 Å². The Bertz CT molecular complexity index is 1280. The number of Topliss-reactive ketones (excluding diaryl/α,β-unsaturated/α-hetero) is 1. The highest BCUT2D eigenvalue weighted by molar-refractivity contribution is 6.36. The summed E-state index contributed by atoms with van der Waals surface area (Å²) in [6.07, 6.45) is 1.51. The number of rotatable bonds is 5. The number of carbonyl (C=O) groups is 3. The number of ether oxygens (including phenoxy) is 3. The number of anilines is 1. The van der Waals surface area contributed by atoms with Gasteiger partial charge in [-0.25, -0.2) is 4.79 Å². The first-order valence-electron chi connectivity index (χ1n) is 10.3. The highest BCUT2D eigenvalue weighted by atomic mass is 35.5. The Morgan fingerprint density at radius 1 is 1.21 bits per heavy atom. The zero-order chi connectivity index (χ0) is 24.9. The molecule has 0 bridgehead atoms. The molecule has 2 aromatic carbocycles. The summed E-state index contributed by atoms with van der Waals surface area (Å²) in [5.41, 5.74) is -0.795. The number of hydrogen-bond acceptors (Lipinski definition) is 8. The maximum atomic E-state index is 13.5. The molecular formula is C24H22ClNO8. The van der Waals surface area contributed by atoms with Crippen LogP contribution in [0.4, 0.5) is 5.69 Å². The smallest absolute Gasteiger partial charge is 0.339 e. The van der Waals surface area contributed by atoms with E-state index in [4.69, 9.17) is 25.8 Å². The number of hydrogen-bond donors (Lipinski definition) is 3. The first kappa shape index (κ1) is 23.4. The molecule has 4 rings (SSSR count). The second-order valence-electron chi connectivity index (χ2n) is 8.22. The predicted molar refractivity (Wildman–Crippen MR) is 123 cm³/mol. The van der Waals surface area contributed by atoms with E-state index in [9.17, 15) is 24.6 Å². The summed E-state index contributed by atoms with van der Waals surface area (Å²) in [6.45, 7) is 3.28. The lowest BCUT2D eigenvalue weighted by Gasteiger charge is -2.35. The molecule has 2 atom stereocenters. The summed E-state index contributed by atoms with van der Waals surface area (Å²) in [6, 6.07) is 4.30. The lowest BCUT2D eigenvalue weighted by molar-refractivity contribution is -0.129. The van der Waals surface area contributed by atoms with Gasteiger partial charge in [-0.15, -0.1) is 0 Å². The van der Waals surface area contributed by atoms with Crippen LogP contribution in [0.1, 0.15) is 39.6 Å². The van der Waals surface area contributed by atoms with Crippen molar-refractivity contribution >= 4 is 34.8 Å². The van der Waals surface area contributed by atoms with Crippen molar-refractivity contribution in [3.63, 3.8) is 0 Å². The molecule has 0 saturated carbocycles. The summed E-state index contributed by atoms with van der Waals surface area (Å²) in [7, 11) is 2.80. The molecule has 1 spiro atoms. The number of aromatic hydroxyl groups is 1. The van der Waals surface area contributed by atoms with E-state index < -0.39 is 29.1 Å². The molecule has 1 heterocycles. The molecule has 10 heteroatoms. The van der Waals surface area contributed by atoms with E-state index in [-0.39, 0.29) is 45.6 Å². The molecule has 2 aromatic rings. The van der Waals surface area contributed by atoms with Crippen molar-refractivity contribution in [1.82, 2.24) is 0 Å². The van der Waals surface area contributed by atoms with Gasteiger partial charge in [0.25, 0.3) is 0 Å². The molecule has 0 fully saturated rings. The van der Waals surface area contributed by atoms with Crippen LogP contribution in [0.5, 0.6) is 23.0 Å². The highest BCUT2D eigenvalue weighted by Gasteiger charge is 2.60. The number of phenols is 1. The van der Waals surface area contributed by atoms with E-state index in [1.165, 1.54) is 32.4 Å². The quantitative estimate of drug-likeness (QED) is 0.423. The fourth-order valence-corrected chi connectivity index (χ4v) is 4.68. The van der Waals surface area contributed by atoms with Gasteiger partial charge in [0, 0.05) is 29.4 Å².